The molecule has 0 spiro atoms. The second-order valence-corrected chi connectivity index (χ2v) is 7.91. The van der Waals surface area contributed by atoms with Crippen LogP contribution in [0.1, 0.15) is 39.7 Å². The summed E-state index contributed by atoms with van der Waals surface area (Å²) in [6.07, 6.45) is 1.61. The number of hydrogen-bond acceptors (Lipinski definition) is 4. The lowest BCUT2D eigenvalue weighted by Gasteiger charge is -2.19. The second kappa shape index (κ2) is 9.88. The fourth-order valence-corrected chi connectivity index (χ4v) is 3.58. The molecule has 2 aromatic carbocycles. The highest BCUT2D eigenvalue weighted by Gasteiger charge is 2.18. The van der Waals surface area contributed by atoms with E-state index in [4.69, 9.17) is 21.1 Å². The number of aryl methyl sites for hydroxylation is 3. The molecule has 1 amide bonds. The Bertz CT molecular complexity index is 1080. The highest BCUT2D eigenvalue weighted by Crippen LogP contribution is 2.26. The lowest BCUT2D eigenvalue weighted by Crippen LogP contribution is -2.27. The van der Waals surface area contributed by atoms with E-state index in [2.05, 4.69) is 11.2 Å². The van der Waals surface area contributed by atoms with Gasteiger partial charge in [0.1, 0.15) is 18.1 Å². The standard InChI is InChI=1S/C24H28ClN3O3/c1-6-28-21(20(25)13-26-28)14-27(4)24(29)18-9-10-22(30-5)19(12-18)15-31-23-11-16(2)7-8-17(23)3/h7-13H,6,14-15H2,1-5H3. The van der Waals surface area contributed by atoms with Crippen LogP contribution in [0, 0.1) is 13.8 Å². The molecule has 0 saturated heterocycles. The highest BCUT2D eigenvalue weighted by atomic mass is 35.5. The molecule has 164 valence electrons. The van der Waals surface area contributed by atoms with Crippen molar-refractivity contribution in [2.24, 2.45) is 0 Å². The number of hydrogen-bond donors (Lipinski definition) is 0. The van der Waals surface area contributed by atoms with Crippen LogP contribution in [-0.2, 0) is 19.7 Å². The molecule has 0 aliphatic rings. The number of nitrogens with zero attached hydrogens (tertiary/aromatic N) is 3. The van der Waals surface area contributed by atoms with E-state index in [1.54, 1.807) is 42.1 Å². The zero-order valence-corrected chi connectivity index (χ0v) is 19.4. The van der Waals surface area contributed by atoms with E-state index in [9.17, 15) is 4.79 Å². The van der Waals surface area contributed by atoms with Gasteiger partial charge in [-0.15, -0.1) is 0 Å². The minimum absolute atomic E-state index is 0.115. The Labute approximate surface area is 188 Å². The van der Waals surface area contributed by atoms with Gasteiger partial charge in [-0.2, -0.15) is 5.10 Å². The van der Waals surface area contributed by atoms with Crippen LogP contribution in [0.3, 0.4) is 0 Å². The summed E-state index contributed by atoms with van der Waals surface area (Å²) in [6, 6.07) is 11.5. The topological polar surface area (TPSA) is 56.6 Å². The van der Waals surface area contributed by atoms with Crippen molar-refractivity contribution >= 4 is 17.5 Å². The van der Waals surface area contributed by atoms with Crippen LogP contribution in [0.4, 0.5) is 0 Å². The van der Waals surface area contributed by atoms with Crippen LogP contribution in [0.25, 0.3) is 0 Å². The third kappa shape index (κ3) is 5.20. The molecule has 0 radical (unpaired) electrons. The normalized spacial score (nSPS) is 10.8. The summed E-state index contributed by atoms with van der Waals surface area (Å²) in [5.41, 5.74) is 4.36. The first-order valence-electron chi connectivity index (χ1n) is 10.2. The van der Waals surface area contributed by atoms with Gasteiger partial charge in [0.25, 0.3) is 5.91 Å². The fourth-order valence-electron chi connectivity index (χ4n) is 3.38. The molecular formula is C24H28ClN3O3. The number of amides is 1. The Morgan fingerprint density at radius 1 is 1.16 bits per heavy atom. The first-order valence-corrected chi connectivity index (χ1v) is 10.5. The number of methoxy groups -OCH3 is 1. The van der Waals surface area contributed by atoms with Gasteiger partial charge in [0.05, 0.1) is 30.6 Å². The van der Waals surface area contributed by atoms with Gasteiger partial charge in [0.2, 0.25) is 0 Å². The van der Waals surface area contributed by atoms with Crippen molar-refractivity contribution in [3.05, 3.63) is 75.6 Å². The van der Waals surface area contributed by atoms with E-state index in [-0.39, 0.29) is 5.91 Å². The van der Waals surface area contributed by atoms with Gasteiger partial charge in [-0.1, -0.05) is 23.7 Å². The van der Waals surface area contributed by atoms with Crippen molar-refractivity contribution in [1.82, 2.24) is 14.7 Å². The summed E-state index contributed by atoms with van der Waals surface area (Å²) >= 11 is 6.25. The Hall–Kier alpha value is -2.99. The average Bonchev–Trinajstić information content (AvgIpc) is 3.12. The molecule has 0 bridgehead atoms. The number of carbonyl (C=O) groups is 1. The van der Waals surface area contributed by atoms with Crippen LogP contribution in [0.15, 0.2) is 42.6 Å². The molecule has 1 heterocycles. The van der Waals surface area contributed by atoms with Gasteiger partial charge in [-0.3, -0.25) is 9.48 Å². The second-order valence-electron chi connectivity index (χ2n) is 7.50. The molecule has 3 rings (SSSR count). The fraction of sp³-hybridized carbons (Fsp3) is 0.333. The van der Waals surface area contributed by atoms with E-state index in [1.165, 1.54) is 0 Å². The van der Waals surface area contributed by atoms with E-state index in [0.717, 1.165) is 28.1 Å². The summed E-state index contributed by atoms with van der Waals surface area (Å²) < 4.78 is 13.3. The van der Waals surface area contributed by atoms with Crippen LogP contribution >= 0.6 is 11.6 Å². The first kappa shape index (κ1) is 22.7. The largest absolute Gasteiger partial charge is 0.496 e. The molecule has 1 aromatic heterocycles. The Balaban J connectivity index is 1.79. The van der Waals surface area contributed by atoms with Crippen molar-refractivity contribution < 1.29 is 14.3 Å². The molecule has 0 atom stereocenters. The third-order valence-electron chi connectivity index (χ3n) is 5.19. The molecule has 0 aliphatic carbocycles. The van der Waals surface area contributed by atoms with Gasteiger partial charge in [-0.25, -0.2) is 0 Å². The number of halogens is 1. The zero-order valence-electron chi connectivity index (χ0n) is 18.6. The smallest absolute Gasteiger partial charge is 0.253 e. The number of rotatable bonds is 8. The van der Waals surface area contributed by atoms with Crippen molar-refractivity contribution in [3.8, 4) is 11.5 Å². The number of benzene rings is 2. The van der Waals surface area contributed by atoms with Crippen LogP contribution in [0.2, 0.25) is 5.02 Å². The molecule has 31 heavy (non-hydrogen) atoms. The minimum Gasteiger partial charge on any atom is -0.496 e. The highest BCUT2D eigenvalue weighted by molar-refractivity contribution is 6.31. The van der Waals surface area contributed by atoms with Crippen molar-refractivity contribution in [3.63, 3.8) is 0 Å². The monoisotopic (exact) mass is 441 g/mol. The molecular weight excluding hydrogens is 414 g/mol. The Morgan fingerprint density at radius 2 is 1.94 bits per heavy atom. The number of aromatic nitrogens is 2. The Kier molecular flexibility index (Phi) is 7.23. The number of ether oxygens (including phenoxy) is 2. The Morgan fingerprint density at radius 3 is 2.65 bits per heavy atom. The maximum absolute atomic E-state index is 13.1. The lowest BCUT2D eigenvalue weighted by molar-refractivity contribution is 0.0781. The predicted molar refractivity (Wildman–Crippen MR) is 122 cm³/mol. The van der Waals surface area contributed by atoms with Crippen LogP contribution < -0.4 is 9.47 Å². The zero-order chi connectivity index (χ0) is 22.5. The number of carbonyl (C=O) groups excluding carboxylic acids is 1. The van der Waals surface area contributed by atoms with Crippen molar-refractivity contribution in [2.75, 3.05) is 14.2 Å². The van der Waals surface area contributed by atoms with Crippen molar-refractivity contribution in [2.45, 2.75) is 40.5 Å². The first-order chi connectivity index (χ1) is 14.8. The molecule has 3 aromatic rings. The van der Waals surface area contributed by atoms with Gasteiger partial charge < -0.3 is 14.4 Å². The van der Waals surface area contributed by atoms with Crippen molar-refractivity contribution in [1.29, 1.82) is 0 Å². The predicted octanol–water partition coefficient (Wildman–Crippen LogP) is 5.03. The van der Waals surface area contributed by atoms with Gasteiger partial charge in [0, 0.05) is 24.7 Å². The average molecular weight is 442 g/mol. The van der Waals surface area contributed by atoms with E-state index < -0.39 is 0 Å². The molecule has 0 N–H and O–H groups in total. The molecule has 0 unspecified atom stereocenters. The van der Waals surface area contributed by atoms with Gasteiger partial charge >= 0.3 is 0 Å². The summed E-state index contributed by atoms with van der Waals surface area (Å²) in [6.45, 7) is 7.37. The summed E-state index contributed by atoms with van der Waals surface area (Å²) in [4.78, 5) is 14.7. The summed E-state index contributed by atoms with van der Waals surface area (Å²) in [5.74, 6) is 1.38. The molecule has 0 saturated carbocycles. The summed E-state index contributed by atoms with van der Waals surface area (Å²) in [7, 11) is 3.36. The molecule has 0 aliphatic heterocycles. The lowest BCUT2D eigenvalue weighted by atomic mass is 10.1. The quantitative estimate of drug-likeness (QED) is 0.491. The molecule has 6 nitrogen and oxygen atoms in total. The van der Waals surface area contributed by atoms with Crippen LogP contribution in [-0.4, -0.2) is 34.7 Å². The third-order valence-corrected chi connectivity index (χ3v) is 5.50. The molecule has 7 heteroatoms. The van der Waals surface area contributed by atoms with Crippen LogP contribution in [0.5, 0.6) is 11.5 Å². The maximum atomic E-state index is 13.1. The van der Waals surface area contributed by atoms with E-state index in [0.29, 0.717) is 36.0 Å². The van der Waals surface area contributed by atoms with Gasteiger partial charge in [-0.05, 0) is 56.2 Å². The van der Waals surface area contributed by atoms with Gasteiger partial charge in [0.15, 0.2) is 0 Å². The summed E-state index contributed by atoms with van der Waals surface area (Å²) in [5, 5.41) is 4.79. The molecule has 0 fully saturated rings. The SMILES string of the molecule is CCn1ncc(Cl)c1CN(C)C(=O)c1ccc(OC)c(COc2cc(C)ccc2C)c1. The van der Waals surface area contributed by atoms with E-state index in [1.807, 2.05) is 39.0 Å². The van der Waals surface area contributed by atoms with E-state index >= 15 is 0 Å². The minimum atomic E-state index is -0.115. The maximum Gasteiger partial charge on any atom is 0.253 e.